The summed E-state index contributed by atoms with van der Waals surface area (Å²) in [7, 11) is 0. The van der Waals surface area contributed by atoms with Crippen molar-refractivity contribution in [3.8, 4) is 0 Å². The number of carboxylic acids is 1. The van der Waals surface area contributed by atoms with Gasteiger partial charge in [0, 0.05) is 21.9 Å². The van der Waals surface area contributed by atoms with Gasteiger partial charge in [0.25, 0.3) is 0 Å². The predicted octanol–water partition coefficient (Wildman–Crippen LogP) is 2.18. The van der Waals surface area contributed by atoms with Crippen LogP contribution in [0.2, 0.25) is 0 Å². The third-order valence-corrected chi connectivity index (χ3v) is 3.26. The standard InChI is InChI=1S/C12H15NO3S/c1-7-6-10(9(3)17-7)8(2)13-11(14)4-5-12(15)16/h4-6,8H,1-3H3,(H,13,14)(H,15,16)/b5-4+. The van der Waals surface area contributed by atoms with Crippen LogP contribution in [0.5, 0.6) is 0 Å². The summed E-state index contributed by atoms with van der Waals surface area (Å²) in [5.74, 6) is -1.53. The lowest BCUT2D eigenvalue weighted by atomic mass is 10.1. The van der Waals surface area contributed by atoms with Crippen molar-refractivity contribution in [1.82, 2.24) is 5.32 Å². The minimum Gasteiger partial charge on any atom is -0.478 e. The van der Waals surface area contributed by atoms with Gasteiger partial charge in [-0.25, -0.2) is 4.79 Å². The van der Waals surface area contributed by atoms with Crippen molar-refractivity contribution in [2.24, 2.45) is 0 Å². The predicted molar refractivity (Wildman–Crippen MR) is 67.1 cm³/mol. The molecule has 1 aromatic heterocycles. The van der Waals surface area contributed by atoms with Crippen LogP contribution in [0, 0.1) is 13.8 Å². The molecule has 1 atom stereocenters. The Morgan fingerprint density at radius 2 is 2.06 bits per heavy atom. The Kier molecular flexibility index (Phi) is 4.45. The smallest absolute Gasteiger partial charge is 0.328 e. The third-order valence-electron chi connectivity index (χ3n) is 2.28. The van der Waals surface area contributed by atoms with E-state index in [1.807, 2.05) is 26.8 Å². The van der Waals surface area contributed by atoms with Crippen molar-refractivity contribution >= 4 is 23.2 Å². The first-order chi connectivity index (χ1) is 7.90. The van der Waals surface area contributed by atoms with Gasteiger partial charge in [-0.3, -0.25) is 4.79 Å². The fourth-order valence-electron chi connectivity index (χ4n) is 1.57. The number of hydrogen-bond donors (Lipinski definition) is 2. The Bertz CT molecular complexity index is 462. The van der Waals surface area contributed by atoms with Crippen molar-refractivity contribution in [3.05, 3.63) is 33.5 Å². The summed E-state index contributed by atoms with van der Waals surface area (Å²) in [5, 5.41) is 11.1. The zero-order valence-electron chi connectivity index (χ0n) is 9.98. The molecule has 0 radical (unpaired) electrons. The molecular formula is C12H15NO3S. The first kappa shape index (κ1) is 13.4. The van der Waals surface area contributed by atoms with Crippen LogP contribution in [0.4, 0.5) is 0 Å². The number of thiophene rings is 1. The van der Waals surface area contributed by atoms with Gasteiger partial charge < -0.3 is 10.4 Å². The Morgan fingerprint density at radius 1 is 1.41 bits per heavy atom. The van der Waals surface area contributed by atoms with Crippen LogP contribution >= 0.6 is 11.3 Å². The number of carbonyl (C=O) groups is 2. The Balaban J connectivity index is 2.66. The van der Waals surface area contributed by atoms with Crippen molar-refractivity contribution < 1.29 is 14.7 Å². The van der Waals surface area contributed by atoms with E-state index in [1.54, 1.807) is 11.3 Å². The van der Waals surface area contributed by atoms with Crippen LogP contribution in [0.15, 0.2) is 18.2 Å². The first-order valence-electron chi connectivity index (χ1n) is 5.18. The highest BCUT2D eigenvalue weighted by Crippen LogP contribution is 2.25. The molecule has 0 bridgehead atoms. The Morgan fingerprint density at radius 3 is 2.53 bits per heavy atom. The zero-order valence-corrected chi connectivity index (χ0v) is 10.8. The molecule has 5 heteroatoms. The van der Waals surface area contributed by atoms with Crippen LogP contribution in [-0.2, 0) is 9.59 Å². The largest absolute Gasteiger partial charge is 0.478 e. The number of carbonyl (C=O) groups excluding carboxylic acids is 1. The second-order valence-corrected chi connectivity index (χ2v) is 5.23. The van der Waals surface area contributed by atoms with Crippen LogP contribution in [0.1, 0.15) is 28.3 Å². The highest BCUT2D eigenvalue weighted by Gasteiger charge is 2.12. The van der Waals surface area contributed by atoms with E-state index in [4.69, 9.17) is 5.11 Å². The van der Waals surface area contributed by atoms with Crippen LogP contribution < -0.4 is 5.32 Å². The molecule has 0 aliphatic heterocycles. The van der Waals surface area contributed by atoms with Gasteiger partial charge in [0.2, 0.25) is 5.91 Å². The maximum absolute atomic E-state index is 11.4. The molecule has 1 heterocycles. The molecule has 17 heavy (non-hydrogen) atoms. The van der Waals surface area contributed by atoms with Gasteiger partial charge in [-0.2, -0.15) is 0 Å². The van der Waals surface area contributed by atoms with Gasteiger partial charge in [-0.1, -0.05) is 0 Å². The molecule has 0 saturated heterocycles. The molecule has 1 rings (SSSR count). The monoisotopic (exact) mass is 253 g/mol. The molecule has 1 unspecified atom stereocenters. The van der Waals surface area contributed by atoms with Crippen LogP contribution in [-0.4, -0.2) is 17.0 Å². The molecule has 0 aliphatic carbocycles. The van der Waals surface area contributed by atoms with Crippen molar-refractivity contribution in [1.29, 1.82) is 0 Å². The SMILES string of the molecule is Cc1cc(C(C)NC(=O)/C=C/C(=O)O)c(C)s1. The lowest BCUT2D eigenvalue weighted by Crippen LogP contribution is -2.25. The summed E-state index contributed by atoms with van der Waals surface area (Å²) in [6, 6.07) is 1.91. The molecule has 92 valence electrons. The average molecular weight is 253 g/mol. The topological polar surface area (TPSA) is 66.4 Å². The van der Waals surface area contributed by atoms with Gasteiger partial charge in [0.15, 0.2) is 0 Å². The molecule has 0 fully saturated rings. The van der Waals surface area contributed by atoms with E-state index in [0.717, 1.165) is 22.6 Å². The maximum Gasteiger partial charge on any atom is 0.328 e. The molecule has 0 aliphatic rings. The Hall–Kier alpha value is -1.62. The van der Waals surface area contributed by atoms with E-state index in [-0.39, 0.29) is 6.04 Å². The molecule has 1 amide bonds. The number of amides is 1. The first-order valence-corrected chi connectivity index (χ1v) is 6.00. The quantitative estimate of drug-likeness (QED) is 0.808. The second-order valence-electron chi connectivity index (χ2n) is 3.77. The number of rotatable bonds is 4. The van der Waals surface area contributed by atoms with E-state index >= 15 is 0 Å². The summed E-state index contributed by atoms with van der Waals surface area (Å²) in [5.41, 5.74) is 1.07. The lowest BCUT2D eigenvalue weighted by molar-refractivity contribution is -0.131. The van der Waals surface area contributed by atoms with E-state index in [2.05, 4.69) is 5.32 Å². The summed E-state index contributed by atoms with van der Waals surface area (Å²) in [4.78, 5) is 24.0. The van der Waals surface area contributed by atoms with Crippen molar-refractivity contribution in [2.45, 2.75) is 26.8 Å². The average Bonchev–Trinajstić information content (AvgIpc) is 2.55. The maximum atomic E-state index is 11.4. The van der Waals surface area contributed by atoms with Crippen LogP contribution in [0.3, 0.4) is 0 Å². The van der Waals surface area contributed by atoms with E-state index in [0.29, 0.717) is 0 Å². The second kappa shape index (κ2) is 5.63. The number of aliphatic carboxylic acids is 1. The Labute approximate surface area is 104 Å². The minimum absolute atomic E-state index is 0.120. The number of nitrogens with one attached hydrogen (secondary N) is 1. The van der Waals surface area contributed by atoms with E-state index in [1.165, 1.54) is 4.88 Å². The summed E-state index contributed by atoms with van der Waals surface area (Å²) in [6.45, 7) is 5.89. The highest BCUT2D eigenvalue weighted by atomic mass is 32.1. The molecule has 1 aromatic rings. The summed E-state index contributed by atoms with van der Waals surface area (Å²) < 4.78 is 0. The van der Waals surface area contributed by atoms with Crippen molar-refractivity contribution in [2.75, 3.05) is 0 Å². The summed E-state index contributed by atoms with van der Waals surface area (Å²) in [6.07, 6.45) is 1.85. The van der Waals surface area contributed by atoms with Crippen molar-refractivity contribution in [3.63, 3.8) is 0 Å². The van der Waals surface area contributed by atoms with E-state index in [9.17, 15) is 9.59 Å². The lowest BCUT2D eigenvalue weighted by Gasteiger charge is -2.12. The minimum atomic E-state index is -1.13. The van der Waals surface area contributed by atoms with Gasteiger partial charge >= 0.3 is 5.97 Å². The zero-order chi connectivity index (χ0) is 13.0. The fraction of sp³-hybridized carbons (Fsp3) is 0.333. The van der Waals surface area contributed by atoms with Gasteiger partial charge in [0.1, 0.15) is 0 Å². The molecule has 2 N–H and O–H groups in total. The molecule has 0 saturated carbocycles. The molecular weight excluding hydrogens is 238 g/mol. The van der Waals surface area contributed by atoms with Gasteiger partial charge in [0.05, 0.1) is 6.04 Å². The third kappa shape index (κ3) is 4.03. The van der Waals surface area contributed by atoms with Crippen LogP contribution in [0.25, 0.3) is 0 Å². The fourth-order valence-corrected chi connectivity index (χ4v) is 2.59. The number of aryl methyl sites for hydroxylation is 2. The number of carboxylic acid groups (broad SMARTS) is 1. The van der Waals surface area contributed by atoms with E-state index < -0.39 is 11.9 Å². The van der Waals surface area contributed by atoms with Gasteiger partial charge in [-0.05, 0) is 32.4 Å². The number of hydrogen-bond acceptors (Lipinski definition) is 3. The molecule has 0 aromatic carbocycles. The molecule has 4 nitrogen and oxygen atoms in total. The highest BCUT2D eigenvalue weighted by molar-refractivity contribution is 7.12. The summed E-state index contributed by atoms with van der Waals surface area (Å²) >= 11 is 1.68. The molecule has 0 spiro atoms. The normalized spacial score (nSPS) is 12.6. The van der Waals surface area contributed by atoms with Gasteiger partial charge in [-0.15, -0.1) is 11.3 Å².